The van der Waals surface area contributed by atoms with Gasteiger partial charge in [0.25, 0.3) is 0 Å². The first-order chi connectivity index (χ1) is 9.69. The molecule has 0 aliphatic rings. The van der Waals surface area contributed by atoms with Gasteiger partial charge in [0.1, 0.15) is 5.82 Å². The summed E-state index contributed by atoms with van der Waals surface area (Å²) in [7, 11) is 0. The highest BCUT2D eigenvalue weighted by atomic mass is 16.1. The van der Waals surface area contributed by atoms with Gasteiger partial charge >= 0.3 is 0 Å². The van der Waals surface area contributed by atoms with Crippen LogP contribution in [0.1, 0.15) is 42.8 Å². The Kier molecular flexibility index (Phi) is 4.93. The molecule has 2 aromatic rings. The molecule has 0 saturated carbocycles. The van der Waals surface area contributed by atoms with Gasteiger partial charge in [-0.2, -0.15) is 0 Å². The van der Waals surface area contributed by atoms with Crippen LogP contribution in [-0.2, 0) is 11.2 Å². The number of hydrogen-bond donors (Lipinski definition) is 2. The standard InChI is InChI=1S/C16H21N3O/c1-3-14(16-17-9-10-18-16)19-15(20)8-7-13-6-4-5-12(2)11-13/h4-6,9-11,14H,3,7-8H2,1-2H3,(H,17,18)(H,19,20). The maximum atomic E-state index is 12.0. The first-order valence-corrected chi connectivity index (χ1v) is 7.03. The second-order valence-electron chi connectivity index (χ2n) is 4.99. The van der Waals surface area contributed by atoms with Crippen molar-refractivity contribution in [1.82, 2.24) is 15.3 Å². The van der Waals surface area contributed by atoms with Crippen LogP contribution < -0.4 is 5.32 Å². The van der Waals surface area contributed by atoms with Gasteiger partial charge in [-0.15, -0.1) is 0 Å². The predicted molar refractivity (Wildman–Crippen MR) is 79.3 cm³/mol. The molecule has 0 bridgehead atoms. The molecule has 1 aromatic heterocycles. The van der Waals surface area contributed by atoms with Crippen LogP contribution in [0, 0.1) is 6.92 Å². The summed E-state index contributed by atoms with van der Waals surface area (Å²) >= 11 is 0. The fourth-order valence-corrected chi connectivity index (χ4v) is 2.22. The average molecular weight is 271 g/mol. The van der Waals surface area contributed by atoms with Gasteiger partial charge in [0, 0.05) is 18.8 Å². The van der Waals surface area contributed by atoms with E-state index in [2.05, 4.69) is 40.4 Å². The van der Waals surface area contributed by atoms with Gasteiger partial charge in [0.15, 0.2) is 0 Å². The number of benzene rings is 1. The topological polar surface area (TPSA) is 57.8 Å². The van der Waals surface area contributed by atoms with E-state index in [0.717, 1.165) is 18.7 Å². The third kappa shape index (κ3) is 3.95. The second kappa shape index (κ2) is 6.89. The number of aromatic nitrogens is 2. The van der Waals surface area contributed by atoms with Crippen LogP contribution in [0.5, 0.6) is 0 Å². The molecule has 2 N–H and O–H groups in total. The van der Waals surface area contributed by atoms with Crippen LogP contribution in [0.25, 0.3) is 0 Å². The third-order valence-corrected chi connectivity index (χ3v) is 3.32. The van der Waals surface area contributed by atoms with Gasteiger partial charge in [0.2, 0.25) is 5.91 Å². The number of nitrogens with one attached hydrogen (secondary N) is 2. The maximum absolute atomic E-state index is 12.0. The molecule has 0 saturated heterocycles. The molecule has 1 heterocycles. The van der Waals surface area contributed by atoms with Crippen LogP contribution in [0.3, 0.4) is 0 Å². The molecule has 1 aromatic carbocycles. The lowest BCUT2D eigenvalue weighted by atomic mass is 10.1. The minimum atomic E-state index is -0.0324. The minimum absolute atomic E-state index is 0.0324. The lowest BCUT2D eigenvalue weighted by Crippen LogP contribution is -2.29. The van der Waals surface area contributed by atoms with Gasteiger partial charge in [-0.1, -0.05) is 36.8 Å². The SMILES string of the molecule is CCC(NC(=O)CCc1cccc(C)c1)c1ncc[nH]1. The first kappa shape index (κ1) is 14.3. The quantitative estimate of drug-likeness (QED) is 0.848. The van der Waals surface area contributed by atoms with Crippen molar-refractivity contribution in [3.8, 4) is 0 Å². The number of hydrogen-bond acceptors (Lipinski definition) is 2. The Morgan fingerprint density at radius 2 is 2.30 bits per heavy atom. The zero-order valence-corrected chi connectivity index (χ0v) is 12.0. The molecule has 1 atom stereocenters. The smallest absolute Gasteiger partial charge is 0.220 e. The molecular weight excluding hydrogens is 250 g/mol. The molecule has 1 amide bonds. The summed E-state index contributed by atoms with van der Waals surface area (Å²) in [5.74, 6) is 0.881. The normalized spacial score (nSPS) is 12.1. The van der Waals surface area contributed by atoms with Crippen LogP contribution in [0.15, 0.2) is 36.7 Å². The monoisotopic (exact) mass is 271 g/mol. The lowest BCUT2D eigenvalue weighted by molar-refractivity contribution is -0.121. The van der Waals surface area contributed by atoms with Gasteiger partial charge in [-0.3, -0.25) is 4.79 Å². The molecule has 0 aliphatic carbocycles. The summed E-state index contributed by atoms with van der Waals surface area (Å²) in [6, 6.07) is 8.24. The largest absolute Gasteiger partial charge is 0.347 e. The number of aryl methyl sites for hydroxylation is 2. The molecule has 0 spiro atoms. The molecule has 4 heteroatoms. The number of nitrogens with zero attached hydrogens (tertiary/aromatic N) is 1. The molecule has 0 radical (unpaired) electrons. The minimum Gasteiger partial charge on any atom is -0.347 e. The van der Waals surface area contributed by atoms with Crippen LogP contribution in [0.4, 0.5) is 0 Å². The van der Waals surface area contributed by atoms with E-state index in [1.54, 1.807) is 12.4 Å². The lowest BCUT2D eigenvalue weighted by Gasteiger charge is -2.14. The van der Waals surface area contributed by atoms with E-state index in [4.69, 9.17) is 0 Å². The highest BCUT2D eigenvalue weighted by molar-refractivity contribution is 5.76. The Balaban J connectivity index is 1.86. The Bertz CT molecular complexity index is 549. The van der Waals surface area contributed by atoms with Crippen molar-refractivity contribution in [2.45, 2.75) is 39.2 Å². The molecule has 2 rings (SSSR count). The number of rotatable bonds is 6. The van der Waals surface area contributed by atoms with Gasteiger partial charge in [-0.25, -0.2) is 4.98 Å². The molecule has 4 nitrogen and oxygen atoms in total. The number of H-pyrrole nitrogens is 1. The van der Waals surface area contributed by atoms with E-state index in [1.807, 2.05) is 13.0 Å². The number of carbonyl (C=O) groups excluding carboxylic acids is 1. The number of carbonyl (C=O) groups is 1. The fraction of sp³-hybridized carbons (Fsp3) is 0.375. The summed E-state index contributed by atoms with van der Waals surface area (Å²) < 4.78 is 0. The molecule has 0 aliphatic heterocycles. The first-order valence-electron chi connectivity index (χ1n) is 7.03. The number of imidazole rings is 1. The summed E-state index contributed by atoms with van der Waals surface area (Å²) in [4.78, 5) is 19.3. The molecule has 106 valence electrons. The predicted octanol–water partition coefficient (Wildman–Crippen LogP) is 2.92. The molecule has 1 unspecified atom stereocenters. The van der Waals surface area contributed by atoms with Crippen molar-refractivity contribution < 1.29 is 4.79 Å². The molecular formula is C16H21N3O. The summed E-state index contributed by atoms with van der Waals surface area (Å²) in [6.07, 6.45) is 5.57. The fourth-order valence-electron chi connectivity index (χ4n) is 2.22. The Hall–Kier alpha value is -2.10. The van der Waals surface area contributed by atoms with Gasteiger partial charge in [0.05, 0.1) is 6.04 Å². The van der Waals surface area contributed by atoms with Crippen LogP contribution in [0.2, 0.25) is 0 Å². The third-order valence-electron chi connectivity index (χ3n) is 3.32. The number of amides is 1. The van der Waals surface area contributed by atoms with E-state index in [0.29, 0.717) is 6.42 Å². The summed E-state index contributed by atoms with van der Waals surface area (Å²) in [5, 5.41) is 3.02. The van der Waals surface area contributed by atoms with Crippen molar-refractivity contribution in [1.29, 1.82) is 0 Å². The summed E-state index contributed by atoms with van der Waals surface area (Å²) in [6.45, 7) is 4.10. The van der Waals surface area contributed by atoms with E-state index < -0.39 is 0 Å². The molecule has 0 fully saturated rings. The number of aromatic amines is 1. The van der Waals surface area contributed by atoms with E-state index >= 15 is 0 Å². The Labute approximate surface area is 119 Å². The van der Waals surface area contributed by atoms with Crippen LogP contribution in [-0.4, -0.2) is 15.9 Å². The van der Waals surface area contributed by atoms with Crippen molar-refractivity contribution in [2.24, 2.45) is 0 Å². The highest BCUT2D eigenvalue weighted by Crippen LogP contribution is 2.12. The maximum Gasteiger partial charge on any atom is 0.220 e. The second-order valence-corrected chi connectivity index (χ2v) is 4.99. The van der Waals surface area contributed by atoms with E-state index in [1.165, 1.54) is 11.1 Å². The van der Waals surface area contributed by atoms with Crippen molar-refractivity contribution in [3.05, 3.63) is 53.6 Å². The average Bonchev–Trinajstić information content (AvgIpc) is 2.96. The zero-order valence-electron chi connectivity index (χ0n) is 12.0. The van der Waals surface area contributed by atoms with Gasteiger partial charge < -0.3 is 10.3 Å². The zero-order chi connectivity index (χ0) is 14.4. The van der Waals surface area contributed by atoms with E-state index in [9.17, 15) is 4.79 Å². The summed E-state index contributed by atoms with van der Waals surface area (Å²) in [5.41, 5.74) is 2.43. The van der Waals surface area contributed by atoms with Gasteiger partial charge in [-0.05, 0) is 25.3 Å². The van der Waals surface area contributed by atoms with Crippen molar-refractivity contribution in [3.63, 3.8) is 0 Å². The van der Waals surface area contributed by atoms with Crippen LogP contribution >= 0.6 is 0 Å². The molecule has 20 heavy (non-hydrogen) atoms. The highest BCUT2D eigenvalue weighted by Gasteiger charge is 2.14. The van der Waals surface area contributed by atoms with E-state index in [-0.39, 0.29) is 11.9 Å². The van der Waals surface area contributed by atoms with Crippen molar-refractivity contribution in [2.75, 3.05) is 0 Å². The Morgan fingerprint density at radius 1 is 1.45 bits per heavy atom. The Morgan fingerprint density at radius 3 is 2.95 bits per heavy atom. The van der Waals surface area contributed by atoms with Crippen molar-refractivity contribution >= 4 is 5.91 Å².